The van der Waals surface area contributed by atoms with Crippen LogP contribution in [0.2, 0.25) is 0 Å². The summed E-state index contributed by atoms with van der Waals surface area (Å²) >= 11 is 1.36. The Morgan fingerprint density at radius 2 is 1.79 bits per heavy atom. The van der Waals surface area contributed by atoms with Crippen molar-refractivity contribution in [3.8, 4) is 28.4 Å². The molecule has 0 aliphatic rings. The van der Waals surface area contributed by atoms with Crippen molar-refractivity contribution in [1.29, 1.82) is 0 Å². The number of hydrogen-bond donors (Lipinski definition) is 1. The highest BCUT2D eigenvalue weighted by Crippen LogP contribution is 2.32. The fourth-order valence-electron chi connectivity index (χ4n) is 3.58. The number of anilines is 1. The SMILES string of the molecule is CCOc1ccc(NC(=O)CSc2nnc(-c3cn(C)nc3-c3ccc(C)cc3)n2CC)cc1. The van der Waals surface area contributed by atoms with E-state index in [0.29, 0.717) is 18.3 Å². The van der Waals surface area contributed by atoms with Gasteiger partial charge in [0.25, 0.3) is 0 Å². The molecule has 0 atom stereocenters. The summed E-state index contributed by atoms with van der Waals surface area (Å²) in [7, 11) is 1.90. The van der Waals surface area contributed by atoms with Crippen LogP contribution in [0, 0.1) is 6.92 Å². The third-order valence-electron chi connectivity index (χ3n) is 5.21. The smallest absolute Gasteiger partial charge is 0.234 e. The first-order valence-corrected chi connectivity index (χ1v) is 12.2. The Balaban J connectivity index is 1.49. The van der Waals surface area contributed by atoms with Gasteiger partial charge < -0.3 is 14.6 Å². The molecular weight excluding hydrogens is 448 g/mol. The van der Waals surface area contributed by atoms with Crippen LogP contribution in [0.25, 0.3) is 22.6 Å². The van der Waals surface area contributed by atoms with Crippen LogP contribution in [0.3, 0.4) is 0 Å². The van der Waals surface area contributed by atoms with E-state index in [0.717, 1.165) is 34.1 Å². The lowest BCUT2D eigenvalue weighted by Crippen LogP contribution is -2.14. The molecule has 2 aromatic carbocycles. The first kappa shape index (κ1) is 23.6. The fourth-order valence-corrected chi connectivity index (χ4v) is 4.39. The molecule has 176 valence electrons. The second-order valence-electron chi connectivity index (χ2n) is 7.78. The summed E-state index contributed by atoms with van der Waals surface area (Å²) in [6.07, 6.45) is 1.96. The normalized spacial score (nSPS) is 10.9. The highest BCUT2D eigenvalue weighted by molar-refractivity contribution is 7.99. The summed E-state index contributed by atoms with van der Waals surface area (Å²) in [5.74, 6) is 1.63. The van der Waals surface area contributed by atoms with Gasteiger partial charge in [0.05, 0.1) is 17.9 Å². The standard InChI is InChI=1S/C25H28N6O2S/c1-5-31-24(21-15-30(4)29-23(21)18-9-7-17(3)8-10-18)27-28-25(31)34-16-22(32)26-19-11-13-20(14-12-19)33-6-2/h7-15H,5-6,16H2,1-4H3,(H,26,32). The molecule has 0 fully saturated rings. The number of thioether (sulfide) groups is 1. The van der Waals surface area contributed by atoms with E-state index < -0.39 is 0 Å². The van der Waals surface area contributed by atoms with E-state index in [9.17, 15) is 4.79 Å². The molecule has 0 aliphatic carbocycles. The lowest BCUT2D eigenvalue weighted by atomic mass is 10.1. The zero-order valence-electron chi connectivity index (χ0n) is 19.8. The van der Waals surface area contributed by atoms with Gasteiger partial charge in [-0.3, -0.25) is 9.48 Å². The molecule has 2 aromatic heterocycles. The molecule has 0 spiro atoms. The minimum atomic E-state index is -0.108. The van der Waals surface area contributed by atoms with E-state index in [1.54, 1.807) is 4.68 Å². The molecule has 1 N–H and O–H groups in total. The summed E-state index contributed by atoms with van der Waals surface area (Å²) in [5.41, 5.74) is 4.71. The van der Waals surface area contributed by atoms with Gasteiger partial charge in [-0.15, -0.1) is 10.2 Å². The zero-order valence-corrected chi connectivity index (χ0v) is 20.6. The van der Waals surface area contributed by atoms with E-state index in [4.69, 9.17) is 4.74 Å². The van der Waals surface area contributed by atoms with E-state index in [2.05, 4.69) is 51.8 Å². The first-order chi connectivity index (χ1) is 16.5. The topological polar surface area (TPSA) is 86.9 Å². The molecule has 8 nitrogen and oxygen atoms in total. The summed E-state index contributed by atoms with van der Waals surface area (Å²) < 4.78 is 9.24. The van der Waals surface area contributed by atoms with Gasteiger partial charge in [-0.05, 0) is 45.0 Å². The number of amides is 1. The van der Waals surface area contributed by atoms with Crippen LogP contribution in [0.4, 0.5) is 5.69 Å². The van der Waals surface area contributed by atoms with Crippen LogP contribution in [-0.4, -0.2) is 42.8 Å². The highest BCUT2D eigenvalue weighted by atomic mass is 32.2. The number of aryl methyl sites for hydroxylation is 2. The molecule has 0 unspecified atom stereocenters. The Hall–Kier alpha value is -3.59. The van der Waals surface area contributed by atoms with Crippen molar-refractivity contribution in [1.82, 2.24) is 24.5 Å². The van der Waals surface area contributed by atoms with Crippen molar-refractivity contribution < 1.29 is 9.53 Å². The Bertz CT molecular complexity index is 1260. The van der Waals surface area contributed by atoms with Crippen molar-refractivity contribution in [2.45, 2.75) is 32.5 Å². The fraction of sp³-hybridized carbons (Fsp3) is 0.280. The largest absolute Gasteiger partial charge is 0.494 e. The summed E-state index contributed by atoms with van der Waals surface area (Å²) in [5, 5.41) is 17.1. The molecule has 0 aliphatic heterocycles. The van der Waals surface area contributed by atoms with Gasteiger partial charge in [-0.1, -0.05) is 41.6 Å². The van der Waals surface area contributed by atoms with Crippen LogP contribution < -0.4 is 10.1 Å². The molecule has 0 bridgehead atoms. The Morgan fingerprint density at radius 1 is 1.06 bits per heavy atom. The van der Waals surface area contributed by atoms with E-state index in [1.807, 2.05) is 55.9 Å². The lowest BCUT2D eigenvalue weighted by molar-refractivity contribution is -0.113. The maximum Gasteiger partial charge on any atom is 0.234 e. The summed E-state index contributed by atoms with van der Waals surface area (Å²) in [4.78, 5) is 12.5. The van der Waals surface area contributed by atoms with Crippen LogP contribution in [0.15, 0.2) is 59.9 Å². The van der Waals surface area contributed by atoms with Crippen molar-refractivity contribution in [2.75, 3.05) is 17.7 Å². The average Bonchev–Trinajstić information content (AvgIpc) is 3.42. The minimum Gasteiger partial charge on any atom is -0.494 e. The highest BCUT2D eigenvalue weighted by Gasteiger charge is 2.20. The van der Waals surface area contributed by atoms with Gasteiger partial charge in [-0.25, -0.2) is 0 Å². The number of carbonyl (C=O) groups is 1. The second kappa shape index (κ2) is 10.6. The summed E-state index contributed by atoms with van der Waals surface area (Å²) in [6, 6.07) is 15.6. The number of ether oxygens (including phenoxy) is 1. The maximum absolute atomic E-state index is 12.5. The number of aromatic nitrogens is 5. The zero-order chi connectivity index (χ0) is 24.1. The molecule has 0 saturated carbocycles. The van der Waals surface area contributed by atoms with Crippen LogP contribution >= 0.6 is 11.8 Å². The van der Waals surface area contributed by atoms with Crippen molar-refractivity contribution in [2.24, 2.45) is 7.05 Å². The van der Waals surface area contributed by atoms with Crippen LogP contribution in [-0.2, 0) is 18.4 Å². The Morgan fingerprint density at radius 3 is 2.47 bits per heavy atom. The first-order valence-electron chi connectivity index (χ1n) is 11.2. The monoisotopic (exact) mass is 476 g/mol. The Kier molecular flexibility index (Phi) is 7.32. The molecule has 4 rings (SSSR count). The van der Waals surface area contributed by atoms with Gasteiger partial charge >= 0.3 is 0 Å². The van der Waals surface area contributed by atoms with Crippen molar-refractivity contribution in [3.05, 3.63) is 60.3 Å². The quantitative estimate of drug-likeness (QED) is 0.349. The maximum atomic E-state index is 12.5. The predicted octanol–water partition coefficient (Wildman–Crippen LogP) is 4.80. The molecule has 2 heterocycles. The van der Waals surface area contributed by atoms with Gasteiger partial charge in [0, 0.05) is 31.0 Å². The molecule has 4 aromatic rings. The van der Waals surface area contributed by atoms with Gasteiger partial charge in [-0.2, -0.15) is 5.10 Å². The number of carbonyl (C=O) groups excluding carboxylic acids is 1. The molecule has 34 heavy (non-hydrogen) atoms. The summed E-state index contributed by atoms with van der Waals surface area (Å²) in [6.45, 7) is 7.32. The number of rotatable bonds is 9. The van der Waals surface area contributed by atoms with E-state index >= 15 is 0 Å². The Labute approximate surface area is 203 Å². The van der Waals surface area contributed by atoms with Gasteiger partial charge in [0.2, 0.25) is 5.91 Å². The number of nitrogens with zero attached hydrogens (tertiary/aromatic N) is 5. The predicted molar refractivity (Wildman–Crippen MR) is 135 cm³/mol. The van der Waals surface area contributed by atoms with Gasteiger partial charge in [0.15, 0.2) is 11.0 Å². The lowest BCUT2D eigenvalue weighted by Gasteiger charge is -2.09. The molecule has 1 amide bonds. The number of benzene rings is 2. The van der Waals surface area contributed by atoms with Crippen LogP contribution in [0.5, 0.6) is 5.75 Å². The third kappa shape index (κ3) is 5.31. The molecule has 9 heteroatoms. The average molecular weight is 477 g/mol. The molecule has 0 radical (unpaired) electrons. The molecule has 0 saturated heterocycles. The van der Waals surface area contributed by atoms with E-state index in [-0.39, 0.29) is 11.7 Å². The molecular formula is C25H28N6O2S. The number of nitrogens with one attached hydrogen (secondary N) is 1. The van der Waals surface area contributed by atoms with Crippen molar-refractivity contribution >= 4 is 23.4 Å². The van der Waals surface area contributed by atoms with Crippen molar-refractivity contribution in [3.63, 3.8) is 0 Å². The van der Waals surface area contributed by atoms with Crippen LogP contribution in [0.1, 0.15) is 19.4 Å². The minimum absolute atomic E-state index is 0.108. The second-order valence-corrected chi connectivity index (χ2v) is 8.72. The van der Waals surface area contributed by atoms with Gasteiger partial charge in [0.1, 0.15) is 11.4 Å². The van der Waals surface area contributed by atoms with E-state index in [1.165, 1.54) is 17.3 Å². The number of hydrogen-bond acceptors (Lipinski definition) is 6. The third-order valence-corrected chi connectivity index (χ3v) is 6.18.